The summed E-state index contributed by atoms with van der Waals surface area (Å²) in [5.74, 6) is -1.28. The number of benzene rings is 4. The van der Waals surface area contributed by atoms with Crippen molar-refractivity contribution in [1.82, 2.24) is 10.6 Å². The standard InChI is InChI=1S/C33H31N3O4/c34-31(37)29(19-22-11-3-1-4-12-22)35-32(38)30(20-23-13-5-2-6-14-23)36-33(39)40-21-28-26-17-9-7-15-24(26)25-16-8-10-18-27(25)28/h1-18,28-30H,19-21H2,(H2,34,37)(H,35,38)(H,36,39)/t29-,30+/m1/s1. The first-order valence-electron chi connectivity index (χ1n) is 13.3. The molecule has 0 aromatic heterocycles. The third kappa shape index (κ3) is 6.21. The van der Waals surface area contributed by atoms with Crippen molar-refractivity contribution in [1.29, 1.82) is 0 Å². The molecule has 1 aliphatic carbocycles. The molecule has 0 bridgehead atoms. The maximum absolute atomic E-state index is 13.4. The molecule has 0 aliphatic heterocycles. The molecule has 0 heterocycles. The van der Waals surface area contributed by atoms with E-state index in [1.165, 1.54) is 0 Å². The van der Waals surface area contributed by atoms with Gasteiger partial charge >= 0.3 is 6.09 Å². The van der Waals surface area contributed by atoms with Crippen molar-refractivity contribution >= 4 is 17.9 Å². The number of nitrogens with two attached hydrogens (primary N) is 1. The van der Waals surface area contributed by atoms with E-state index in [4.69, 9.17) is 10.5 Å². The molecule has 2 atom stereocenters. The molecule has 5 rings (SSSR count). The molecule has 4 aromatic rings. The number of amides is 3. The number of nitrogens with one attached hydrogen (secondary N) is 2. The zero-order chi connectivity index (χ0) is 27.9. The Labute approximate surface area is 233 Å². The Morgan fingerprint density at radius 2 is 1.12 bits per heavy atom. The SMILES string of the molecule is NC(=O)[C@@H](Cc1ccccc1)NC(=O)[C@H](Cc1ccccc1)NC(=O)OCC1c2ccccc2-c2ccccc21. The average molecular weight is 534 g/mol. The number of primary amides is 1. The molecular formula is C33H31N3O4. The lowest BCUT2D eigenvalue weighted by Crippen LogP contribution is -2.54. The van der Waals surface area contributed by atoms with Crippen molar-refractivity contribution in [3.05, 3.63) is 131 Å². The van der Waals surface area contributed by atoms with Gasteiger partial charge in [0.05, 0.1) is 0 Å². The molecule has 0 radical (unpaired) electrons. The Bertz CT molecular complexity index is 1440. The van der Waals surface area contributed by atoms with Gasteiger partial charge in [0.25, 0.3) is 0 Å². The Kier molecular flexibility index (Phi) is 8.21. The molecule has 0 unspecified atom stereocenters. The third-order valence-electron chi connectivity index (χ3n) is 7.18. The lowest BCUT2D eigenvalue weighted by Gasteiger charge is -2.22. The van der Waals surface area contributed by atoms with Crippen LogP contribution < -0.4 is 16.4 Å². The molecule has 40 heavy (non-hydrogen) atoms. The van der Waals surface area contributed by atoms with Gasteiger partial charge in [-0.3, -0.25) is 9.59 Å². The van der Waals surface area contributed by atoms with Crippen LogP contribution in [0.2, 0.25) is 0 Å². The molecule has 0 fully saturated rings. The molecule has 7 heteroatoms. The molecule has 1 aliphatic rings. The van der Waals surface area contributed by atoms with Gasteiger partial charge in [0, 0.05) is 18.8 Å². The number of fused-ring (bicyclic) bond motifs is 3. The summed E-state index contributed by atoms with van der Waals surface area (Å²) < 4.78 is 5.68. The van der Waals surface area contributed by atoms with Gasteiger partial charge in [0.15, 0.2) is 0 Å². The minimum atomic E-state index is -0.976. The molecular weight excluding hydrogens is 502 g/mol. The number of hydrogen-bond donors (Lipinski definition) is 3. The van der Waals surface area contributed by atoms with Gasteiger partial charge in [-0.1, -0.05) is 109 Å². The average Bonchev–Trinajstić information content (AvgIpc) is 3.30. The number of rotatable bonds is 10. The molecule has 7 nitrogen and oxygen atoms in total. The van der Waals surface area contributed by atoms with Gasteiger partial charge in [-0.05, 0) is 33.4 Å². The zero-order valence-corrected chi connectivity index (χ0v) is 22.0. The summed E-state index contributed by atoms with van der Waals surface area (Å²) in [6.45, 7) is 0.122. The highest BCUT2D eigenvalue weighted by Crippen LogP contribution is 2.44. The predicted molar refractivity (Wildman–Crippen MR) is 153 cm³/mol. The number of hydrogen-bond acceptors (Lipinski definition) is 4. The lowest BCUT2D eigenvalue weighted by atomic mass is 9.98. The summed E-state index contributed by atoms with van der Waals surface area (Å²) in [6.07, 6.45) is -0.255. The highest BCUT2D eigenvalue weighted by Gasteiger charge is 2.30. The van der Waals surface area contributed by atoms with E-state index in [0.29, 0.717) is 0 Å². The van der Waals surface area contributed by atoms with Gasteiger partial charge in [-0.2, -0.15) is 0 Å². The van der Waals surface area contributed by atoms with E-state index in [0.717, 1.165) is 33.4 Å². The van der Waals surface area contributed by atoms with Crippen LogP contribution in [0.4, 0.5) is 4.79 Å². The van der Waals surface area contributed by atoms with Crippen molar-refractivity contribution in [2.75, 3.05) is 6.61 Å². The molecule has 3 amide bonds. The molecule has 0 spiro atoms. The van der Waals surface area contributed by atoms with Crippen LogP contribution in [0.5, 0.6) is 0 Å². The molecule has 4 aromatic carbocycles. The highest BCUT2D eigenvalue weighted by atomic mass is 16.5. The van der Waals surface area contributed by atoms with E-state index in [9.17, 15) is 14.4 Å². The van der Waals surface area contributed by atoms with Crippen LogP contribution in [0.3, 0.4) is 0 Å². The largest absolute Gasteiger partial charge is 0.449 e. The zero-order valence-electron chi connectivity index (χ0n) is 22.0. The van der Waals surface area contributed by atoms with Gasteiger partial charge in [0.1, 0.15) is 18.7 Å². The van der Waals surface area contributed by atoms with Crippen molar-refractivity contribution in [3.63, 3.8) is 0 Å². The summed E-state index contributed by atoms with van der Waals surface area (Å²) in [4.78, 5) is 38.6. The summed E-state index contributed by atoms with van der Waals surface area (Å²) in [7, 11) is 0. The second-order valence-electron chi connectivity index (χ2n) is 9.87. The quantitative estimate of drug-likeness (QED) is 0.282. The second-order valence-corrected chi connectivity index (χ2v) is 9.87. The summed E-state index contributed by atoms with van der Waals surface area (Å²) in [6, 6.07) is 32.9. The number of carbonyl (C=O) groups is 3. The summed E-state index contributed by atoms with van der Waals surface area (Å²) in [5.41, 5.74) is 11.8. The van der Waals surface area contributed by atoms with E-state index in [1.807, 2.05) is 97.1 Å². The Morgan fingerprint density at radius 1 is 0.650 bits per heavy atom. The Hall–Kier alpha value is -4.91. The predicted octanol–water partition coefficient (Wildman–Crippen LogP) is 4.35. The molecule has 0 saturated carbocycles. The van der Waals surface area contributed by atoms with E-state index >= 15 is 0 Å². The van der Waals surface area contributed by atoms with Crippen molar-refractivity contribution < 1.29 is 19.1 Å². The summed E-state index contributed by atoms with van der Waals surface area (Å²) >= 11 is 0. The normalized spacial score (nSPS) is 13.4. The molecule has 202 valence electrons. The van der Waals surface area contributed by atoms with E-state index < -0.39 is 30.0 Å². The number of alkyl carbamates (subject to hydrolysis) is 1. The Morgan fingerprint density at radius 3 is 1.65 bits per heavy atom. The van der Waals surface area contributed by atoms with Crippen molar-refractivity contribution in [3.8, 4) is 11.1 Å². The highest BCUT2D eigenvalue weighted by molar-refractivity contribution is 5.91. The van der Waals surface area contributed by atoms with Crippen molar-refractivity contribution in [2.45, 2.75) is 30.8 Å². The fraction of sp³-hybridized carbons (Fsp3) is 0.182. The van der Waals surface area contributed by atoms with Crippen LogP contribution in [0.1, 0.15) is 28.2 Å². The van der Waals surface area contributed by atoms with E-state index in [-0.39, 0.29) is 25.4 Å². The van der Waals surface area contributed by atoms with Crippen LogP contribution in [0.25, 0.3) is 11.1 Å². The lowest BCUT2D eigenvalue weighted by molar-refractivity contribution is -0.128. The van der Waals surface area contributed by atoms with Crippen LogP contribution in [-0.2, 0) is 27.2 Å². The van der Waals surface area contributed by atoms with Gasteiger partial charge in [0.2, 0.25) is 11.8 Å². The molecule has 0 saturated heterocycles. The second kappa shape index (κ2) is 12.3. The Balaban J connectivity index is 1.28. The summed E-state index contributed by atoms with van der Waals surface area (Å²) in [5, 5.41) is 5.45. The van der Waals surface area contributed by atoms with Crippen LogP contribution in [0, 0.1) is 0 Å². The minimum Gasteiger partial charge on any atom is -0.449 e. The molecule has 4 N–H and O–H groups in total. The van der Waals surface area contributed by atoms with Gasteiger partial charge in [-0.25, -0.2) is 4.79 Å². The van der Waals surface area contributed by atoms with Crippen molar-refractivity contribution in [2.24, 2.45) is 5.73 Å². The fourth-order valence-corrected chi connectivity index (χ4v) is 5.19. The monoisotopic (exact) mass is 533 g/mol. The van der Waals surface area contributed by atoms with Gasteiger partial charge in [-0.15, -0.1) is 0 Å². The smallest absolute Gasteiger partial charge is 0.407 e. The number of ether oxygens (including phenoxy) is 1. The third-order valence-corrected chi connectivity index (χ3v) is 7.18. The topological polar surface area (TPSA) is 111 Å². The first kappa shape index (κ1) is 26.7. The van der Waals surface area contributed by atoms with E-state index in [1.54, 1.807) is 0 Å². The van der Waals surface area contributed by atoms with Crippen LogP contribution in [-0.4, -0.2) is 36.6 Å². The van der Waals surface area contributed by atoms with E-state index in [2.05, 4.69) is 22.8 Å². The van der Waals surface area contributed by atoms with Crippen LogP contribution >= 0.6 is 0 Å². The van der Waals surface area contributed by atoms with Crippen LogP contribution in [0.15, 0.2) is 109 Å². The van der Waals surface area contributed by atoms with Gasteiger partial charge < -0.3 is 21.1 Å². The first-order chi connectivity index (χ1) is 19.5. The number of carbonyl (C=O) groups excluding carboxylic acids is 3. The maximum Gasteiger partial charge on any atom is 0.407 e. The fourth-order valence-electron chi connectivity index (χ4n) is 5.19. The first-order valence-corrected chi connectivity index (χ1v) is 13.3. The minimum absolute atomic E-state index is 0.107. The maximum atomic E-state index is 13.4.